The molecule has 0 bridgehead atoms. The molecule has 1 aromatic heterocycles. The van der Waals surface area contributed by atoms with Crippen molar-refractivity contribution in [1.29, 1.82) is 0 Å². The van der Waals surface area contributed by atoms with Gasteiger partial charge < -0.3 is 5.32 Å². The molecule has 17 heavy (non-hydrogen) atoms. The summed E-state index contributed by atoms with van der Waals surface area (Å²) >= 11 is 10.6. The lowest BCUT2D eigenvalue weighted by molar-refractivity contribution is 0.103. The van der Waals surface area contributed by atoms with E-state index in [0.717, 1.165) is 15.0 Å². The summed E-state index contributed by atoms with van der Waals surface area (Å²) in [6.07, 6.45) is 0. The minimum atomic E-state index is -0.105. The van der Waals surface area contributed by atoms with Crippen LogP contribution in [0.15, 0.2) is 34.1 Å². The van der Waals surface area contributed by atoms with Gasteiger partial charge in [-0.2, -0.15) is 0 Å². The number of hydrogen-bond donors (Lipinski definition) is 1. The van der Waals surface area contributed by atoms with Crippen molar-refractivity contribution in [2.75, 3.05) is 5.32 Å². The molecule has 0 aliphatic rings. The van der Waals surface area contributed by atoms with Crippen LogP contribution in [0.1, 0.15) is 15.2 Å². The fourth-order valence-electron chi connectivity index (χ4n) is 1.39. The molecule has 0 saturated heterocycles. The molecule has 0 radical (unpaired) electrons. The second-order valence-corrected chi connectivity index (χ2v) is 6.42. The van der Waals surface area contributed by atoms with Crippen LogP contribution in [0.3, 0.4) is 0 Å². The Morgan fingerprint density at radius 3 is 2.71 bits per heavy atom. The van der Waals surface area contributed by atoms with Crippen molar-refractivity contribution in [3.05, 3.63) is 49.6 Å². The molecular weight excluding hydrogens is 322 g/mol. The zero-order valence-electron chi connectivity index (χ0n) is 8.96. The van der Waals surface area contributed by atoms with Crippen molar-refractivity contribution in [3.63, 3.8) is 0 Å². The third-order valence-corrected chi connectivity index (χ3v) is 4.09. The van der Waals surface area contributed by atoms with Gasteiger partial charge in [-0.15, -0.1) is 11.3 Å². The number of rotatable bonds is 2. The monoisotopic (exact) mass is 329 g/mol. The van der Waals surface area contributed by atoms with E-state index >= 15 is 0 Å². The van der Waals surface area contributed by atoms with Crippen LogP contribution in [-0.2, 0) is 0 Å². The zero-order valence-corrected chi connectivity index (χ0v) is 12.1. The Balaban J connectivity index is 2.18. The van der Waals surface area contributed by atoms with Gasteiger partial charge in [-0.05, 0) is 58.7 Å². The summed E-state index contributed by atoms with van der Waals surface area (Å²) in [5.41, 5.74) is 1.73. The molecule has 0 unspecified atom stereocenters. The summed E-state index contributed by atoms with van der Waals surface area (Å²) in [7, 11) is 0. The summed E-state index contributed by atoms with van der Waals surface area (Å²) < 4.78 is 0.940. The molecule has 0 saturated carbocycles. The highest BCUT2D eigenvalue weighted by molar-refractivity contribution is 9.11. The molecule has 1 N–H and O–H groups in total. The lowest BCUT2D eigenvalue weighted by atomic mass is 10.2. The Kier molecular flexibility index (Phi) is 3.86. The molecule has 5 heteroatoms. The van der Waals surface area contributed by atoms with Crippen LogP contribution in [0.4, 0.5) is 5.69 Å². The van der Waals surface area contributed by atoms with E-state index < -0.39 is 0 Å². The number of amides is 1. The Morgan fingerprint density at radius 2 is 2.12 bits per heavy atom. The minimum absolute atomic E-state index is 0.105. The third kappa shape index (κ3) is 3.09. The maximum Gasteiger partial charge on any atom is 0.265 e. The van der Waals surface area contributed by atoms with E-state index in [9.17, 15) is 4.79 Å². The third-order valence-electron chi connectivity index (χ3n) is 2.23. The van der Waals surface area contributed by atoms with Crippen LogP contribution in [0.25, 0.3) is 0 Å². The van der Waals surface area contributed by atoms with Gasteiger partial charge in [-0.3, -0.25) is 4.79 Å². The molecule has 0 spiro atoms. The molecular formula is C12H9BrClNOS. The molecule has 0 aliphatic heterocycles. The Hall–Kier alpha value is -0.840. The Morgan fingerprint density at radius 1 is 1.35 bits per heavy atom. The van der Waals surface area contributed by atoms with Crippen LogP contribution < -0.4 is 5.32 Å². The fourth-order valence-corrected chi connectivity index (χ4v) is 2.90. The van der Waals surface area contributed by atoms with E-state index in [1.807, 2.05) is 19.1 Å². The predicted molar refractivity (Wildman–Crippen MR) is 76.2 cm³/mol. The first kappa shape index (κ1) is 12.6. The molecule has 1 amide bonds. The van der Waals surface area contributed by atoms with Crippen molar-refractivity contribution in [2.45, 2.75) is 6.92 Å². The molecule has 0 atom stereocenters. The van der Waals surface area contributed by atoms with Crippen LogP contribution in [-0.4, -0.2) is 5.91 Å². The average Bonchev–Trinajstić information content (AvgIpc) is 2.69. The maximum atomic E-state index is 11.9. The second kappa shape index (κ2) is 5.21. The SMILES string of the molecule is Cc1cc(Cl)ccc1NC(=O)c1ccc(Br)s1. The summed E-state index contributed by atoms with van der Waals surface area (Å²) in [5, 5.41) is 3.53. The molecule has 2 nitrogen and oxygen atoms in total. The lowest BCUT2D eigenvalue weighted by Gasteiger charge is -2.07. The van der Waals surface area contributed by atoms with Crippen molar-refractivity contribution >= 4 is 50.5 Å². The number of thiophene rings is 1. The van der Waals surface area contributed by atoms with E-state index in [1.165, 1.54) is 11.3 Å². The number of nitrogens with one attached hydrogen (secondary N) is 1. The topological polar surface area (TPSA) is 29.1 Å². The molecule has 88 valence electrons. The van der Waals surface area contributed by atoms with E-state index in [0.29, 0.717) is 9.90 Å². The number of halogens is 2. The zero-order chi connectivity index (χ0) is 12.4. The normalized spacial score (nSPS) is 10.3. The van der Waals surface area contributed by atoms with E-state index in [1.54, 1.807) is 18.2 Å². The maximum absolute atomic E-state index is 11.9. The molecule has 1 heterocycles. The molecule has 2 aromatic rings. The largest absolute Gasteiger partial charge is 0.321 e. The van der Waals surface area contributed by atoms with Crippen molar-refractivity contribution in [1.82, 2.24) is 0 Å². The highest BCUT2D eigenvalue weighted by Crippen LogP contribution is 2.24. The molecule has 0 fully saturated rings. The van der Waals surface area contributed by atoms with Gasteiger partial charge in [0.25, 0.3) is 5.91 Å². The predicted octanol–water partition coefficient (Wildman–Crippen LogP) is 4.72. The van der Waals surface area contributed by atoms with Gasteiger partial charge in [0.2, 0.25) is 0 Å². The van der Waals surface area contributed by atoms with Crippen molar-refractivity contribution in [3.8, 4) is 0 Å². The first-order valence-electron chi connectivity index (χ1n) is 4.89. The minimum Gasteiger partial charge on any atom is -0.321 e. The summed E-state index contributed by atoms with van der Waals surface area (Å²) in [5.74, 6) is -0.105. The van der Waals surface area contributed by atoms with Gasteiger partial charge in [0.15, 0.2) is 0 Å². The Bertz CT molecular complexity index is 567. The van der Waals surface area contributed by atoms with Gasteiger partial charge in [0, 0.05) is 10.7 Å². The molecule has 0 aliphatic carbocycles. The summed E-state index contributed by atoms with van der Waals surface area (Å²) in [6, 6.07) is 9.03. The van der Waals surface area contributed by atoms with Crippen LogP contribution in [0.5, 0.6) is 0 Å². The van der Waals surface area contributed by atoms with Crippen molar-refractivity contribution in [2.24, 2.45) is 0 Å². The quantitative estimate of drug-likeness (QED) is 0.847. The average molecular weight is 331 g/mol. The Labute approximate surface area is 117 Å². The number of benzene rings is 1. The highest BCUT2D eigenvalue weighted by atomic mass is 79.9. The van der Waals surface area contributed by atoms with Crippen LogP contribution in [0.2, 0.25) is 5.02 Å². The summed E-state index contributed by atoms with van der Waals surface area (Å²) in [4.78, 5) is 12.6. The number of carbonyl (C=O) groups excluding carboxylic acids is 1. The van der Waals surface area contributed by atoms with E-state index in [4.69, 9.17) is 11.6 Å². The van der Waals surface area contributed by atoms with Crippen LogP contribution in [0, 0.1) is 6.92 Å². The lowest BCUT2D eigenvalue weighted by Crippen LogP contribution is -2.10. The number of aryl methyl sites for hydroxylation is 1. The molecule has 1 aromatic carbocycles. The first-order valence-corrected chi connectivity index (χ1v) is 6.88. The van der Waals surface area contributed by atoms with Crippen LogP contribution >= 0.6 is 38.9 Å². The van der Waals surface area contributed by atoms with E-state index in [-0.39, 0.29) is 5.91 Å². The number of hydrogen-bond acceptors (Lipinski definition) is 2. The van der Waals surface area contributed by atoms with Gasteiger partial charge in [-0.25, -0.2) is 0 Å². The second-order valence-electron chi connectivity index (χ2n) is 3.52. The number of anilines is 1. The number of carbonyl (C=O) groups is 1. The highest BCUT2D eigenvalue weighted by Gasteiger charge is 2.10. The smallest absolute Gasteiger partial charge is 0.265 e. The first-order chi connectivity index (χ1) is 8.06. The molecule has 2 rings (SSSR count). The van der Waals surface area contributed by atoms with Gasteiger partial charge in [0.1, 0.15) is 0 Å². The van der Waals surface area contributed by atoms with E-state index in [2.05, 4.69) is 21.2 Å². The van der Waals surface area contributed by atoms with Crippen molar-refractivity contribution < 1.29 is 4.79 Å². The fraction of sp³-hybridized carbons (Fsp3) is 0.0833. The van der Waals surface area contributed by atoms with Gasteiger partial charge in [-0.1, -0.05) is 11.6 Å². The summed E-state index contributed by atoms with van der Waals surface area (Å²) in [6.45, 7) is 1.91. The standard InChI is InChI=1S/C12H9BrClNOS/c1-7-6-8(14)2-3-9(7)15-12(16)10-4-5-11(13)17-10/h2-6H,1H3,(H,15,16). The van der Waals surface area contributed by atoms with Gasteiger partial charge in [0.05, 0.1) is 8.66 Å². The van der Waals surface area contributed by atoms with Gasteiger partial charge >= 0.3 is 0 Å².